The first-order chi connectivity index (χ1) is 7.76. The monoisotopic (exact) mass is 221 g/mol. The van der Waals surface area contributed by atoms with E-state index in [9.17, 15) is 4.79 Å². The fourth-order valence-corrected chi connectivity index (χ4v) is 1.95. The summed E-state index contributed by atoms with van der Waals surface area (Å²) >= 11 is 0. The van der Waals surface area contributed by atoms with E-state index >= 15 is 0 Å². The van der Waals surface area contributed by atoms with Crippen molar-refractivity contribution in [3.63, 3.8) is 0 Å². The third-order valence-electron chi connectivity index (χ3n) is 2.75. The molecule has 0 amide bonds. The van der Waals surface area contributed by atoms with Crippen LogP contribution in [0, 0.1) is 0 Å². The Morgan fingerprint density at radius 1 is 1.19 bits per heavy atom. The molecule has 0 unspecified atom stereocenters. The van der Waals surface area contributed by atoms with E-state index in [4.69, 9.17) is 9.47 Å². The number of rotatable bonds is 2. The molecule has 0 bridgehead atoms. The quantitative estimate of drug-likeness (QED) is 0.824. The van der Waals surface area contributed by atoms with Crippen molar-refractivity contribution < 1.29 is 14.3 Å². The van der Waals surface area contributed by atoms with Gasteiger partial charge in [-0.3, -0.25) is 4.79 Å². The first-order valence-electron chi connectivity index (χ1n) is 5.25. The van der Waals surface area contributed by atoms with Crippen LogP contribution in [0.3, 0.4) is 0 Å². The predicted molar refractivity (Wildman–Crippen MR) is 61.4 cm³/mol. The maximum absolute atomic E-state index is 11.6. The van der Waals surface area contributed by atoms with Gasteiger partial charge in [-0.25, -0.2) is 0 Å². The summed E-state index contributed by atoms with van der Waals surface area (Å²) in [7, 11) is 3.23. The third-order valence-corrected chi connectivity index (χ3v) is 2.75. The molecule has 0 fully saturated rings. The van der Waals surface area contributed by atoms with Crippen molar-refractivity contribution in [3.05, 3.63) is 17.7 Å². The molecule has 86 valence electrons. The summed E-state index contributed by atoms with van der Waals surface area (Å²) in [6, 6.07) is 3.68. The van der Waals surface area contributed by atoms with Crippen LogP contribution in [0.1, 0.15) is 12.0 Å². The normalized spacial score (nSPS) is 14.8. The van der Waals surface area contributed by atoms with Gasteiger partial charge in [-0.1, -0.05) is 0 Å². The lowest BCUT2D eigenvalue weighted by molar-refractivity contribution is -0.118. The summed E-state index contributed by atoms with van der Waals surface area (Å²) < 4.78 is 10.5. The molecule has 0 atom stereocenters. The van der Waals surface area contributed by atoms with Gasteiger partial charge in [-0.05, 0) is 12.1 Å². The Bertz CT molecular complexity index is 415. The van der Waals surface area contributed by atoms with E-state index in [0.29, 0.717) is 19.4 Å². The predicted octanol–water partition coefficient (Wildman–Crippen LogP) is 1.63. The van der Waals surface area contributed by atoms with Crippen LogP contribution < -0.4 is 14.8 Å². The molecule has 1 aromatic rings. The minimum atomic E-state index is 0.220. The van der Waals surface area contributed by atoms with Crippen molar-refractivity contribution in [3.8, 4) is 11.5 Å². The highest BCUT2D eigenvalue weighted by molar-refractivity contribution is 5.86. The average molecular weight is 221 g/mol. The van der Waals surface area contributed by atoms with E-state index < -0.39 is 0 Å². The Kier molecular flexibility index (Phi) is 2.99. The van der Waals surface area contributed by atoms with Crippen LogP contribution in [-0.2, 0) is 11.2 Å². The van der Waals surface area contributed by atoms with Gasteiger partial charge in [0.2, 0.25) is 0 Å². The Hall–Kier alpha value is -1.71. The lowest BCUT2D eigenvalue weighted by Crippen LogP contribution is -2.04. The summed E-state index contributed by atoms with van der Waals surface area (Å²) in [6.07, 6.45) is 0.948. The molecule has 0 aliphatic carbocycles. The second kappa shape index (κ2) is 4.43. The Balaban J connectivity index is 2.53. The molecule has 4 nitrogen and oxygen atoms in total. The number of ether oxygens (including phenoxy) is 2. The highest BCUT2D eigenvalue weighted by Crippen LogP contribution is 2.37. The molecule has 0 radical (unpaired) electrons. The summed E-state index contributed by atoms with van der Waals surface area (Å²) in [4.78, 5) is 11.6. The zero-order chi connectivity index (χ0) is 11.5. The van der Waals surface area contributed by atoms with E-state index in [0.717, 1.165) is 22.7 Å². The van der Waals surface area contributed by atoms with Crippen LogP contribution in [0.2, 0.25) is 0 Å². The number of anilines is 1. The highest BCUT2D eigenvalue weighted by Gasteiger charge is 2.20. The Morgan fingerprint density at radius 2 is 1.88 bits per heavy atom. The number of carbonyl (C=O) groups is 1. The smallest absolute Gasteiger partial charge is 0.142 e. The number of hydrogen-bond donors (Lipinski definition) is 1. The number of nitrogens with one attached hydrogen (secondary N) is 1. The van der Waals surface area contributed by atoms with Gasteiger partial charge in [0, 0.05) is 24.9 Å². The van der Waals surface area contributed by atoms with Crippen LogP contribution in [-0.4, -0.2) is 26.5 Å². The number of methoxy groups -OCH3 is 2. The van der Waals surface area contributed by atoms with Crippen molar-refractivity contribution in [2.75, 3.05) is 26.1 Å². The van der Waals surface area contributed by atoms with Crippen LogP contribution in [0.25, 0.3) is 0 Å². The molecular formula is C12H15NO3. The number of carbonyl (C=O) groups excluding carboxylic acids is 1. The van der Waals surface area contributed by atoms with E-state index in [-0.39, 0.29) is 5.78 Å². The largest absolute Gasteiger partial charge is 0.496 e. The molecule has 16 heavy (non-hydrogen) atoms. The van der Waals surface area contributed by atoms with Crippen LogP contribution >= 0.6 is 0 Å². The van der Waals surface area contributed by atoms with Gasteiger partial charge in [-0.2, -0.15) is 0 Å². The fourth-order valence-electron chi connectivity index (χ4n) is 1.95. The van der Waals surface area contributed by atoms with Crippen LogP contribution in [0.5, 0.6) is 11.5 Å². The van der Waals surface area contributed by atoms with Crippen LogP contribution in [0.15, 0.2) is 12.1 Å². The van der Waals surface area contributed by atoms with Gasteiger partial charge >= 0.3 is 0 Å². The lowest BCUT2D eigenvalue weighted by Gasteiger charge is -2.15. The molecule has 1 aliphatic rings. The molecule has 2 rings (SSSR count). The molecule has 1 heterocycles. The van der Waals surface area contributed by atoms with Gasteiger partial charge in [-0.15, -0.1) is 0 Å². The molecule has 0 aromatic heterocycles. The van der Waals surface area contributed by atoms with E-state index in [1.807, 2.05) is 12.1 Å². The molecule has 1 aromatic carbocycles. The first-order valence-corrected chi connectivity index (χ1v) is 5.25. The number of ketones is 1. The second-order valence-electron chi connectivity index (χ2n) is 3.72. The summed E-state index contributed by atoms with van der Waals surface area (Å²) in [5.74, 6) is 1.71. The summed E-state index contributed by atoms with van der Waals surface area (Å²) in [5.41, 5.74) is 1.78. The molecule has 1 N–H and O–H groups in total. The van der Waals surface area contributed by atoms with Gasteiger partial charge in [0.15, 0.2) is 0 Å². The minimum Gasteiger partial charge on any atom is -0.496 e. The molecular weight excluding hydrogens is 206 g/mol. The Morgan fingerprint density at radius 3 is 2.56 bits per heavy atom. The highest BCUT2D eigenvalue weighted by atomic mass is 16.5. The van der Waals surface area contributed by atoms with Gasteiger partial charge in [0.05, 0.1) is 19.9 Å². The van der Waals surface area contributed by atoms with E-state index in [1.165, 1.54) is 0 Å². The second-order valence-corrected chi connectivity index (χ2v) is 3.72. The maximum Gasteiger partial charge on any atom is 0.142 e. The lowest BCUT2D eigenvalue weighted by atomic mass is 10.1. The number of hydrogen-bond acceptors (Lipinski definition) is 4. The summed E-state index contributed by atoms with van der Waals surface area (Å²) in [6.45, 7) is 0.648. The van der Waals surface area contributed by atoms with Gasteiger partial charge in [0.1, 0.15) is 17.3 Å². The van der Waals surface area contributed by atoms with Crippen molar-refractivity contribution in [2.45, 2.75) is 12.8 Å². The fraction of sp³-hybridized carbons (Fsp3) is 0.417. The van der Waals surface area contributed by atoms with E-state index in [1.54, 1.807) is 14.2 Å². The molecule has 1 aliphatic heterocycles. The molecule has 0 saturated heterocycles. The number of fused-ring (bicyclic) bond motifs is 1. The minimum absolute atomic E-state index is 0.220. The van der Waals surface area contributed by atoms with E-state index in [2.05, 4.69) is 5.32 Å². The molecule has 0 saturated carbocycles. The zero-order valence-electron chi connectivity index (χ0n) is 9.50. The third kappa shape index (κ3) is 1.83. The maximum atomic E-state index is 11.6. The molecule has 4 heteroatoms. The van der Waals surface area contributed by atoms with Crippen molar-refractivity contribution in [2.24, 2.45) is 0 Å². The Labute approximate surface area is 94.6 Å². The summed E-state index contributed by atoms with van der Waals surface area (Å²) in [5, 5.41) is 3.22. The zero-order valence-corrected chi connectivity index (χ0v) is 9.50. The van der Waals surface area contributed by atoms with Crippen LogP contribution in [0.4, 0.5) is 5.69 Å². The van der Waals surface area contributed by atoms with Gasteiger partial charge in [0.25, 0.3) is 0 Å². The number of benzene rings is 1. The topological polar surface area (TPSA) is 47.6 Å². The number of Topliss-reactive ketones (excluding diaryl/α,β-unsaturated/α-hetero) is 1. The van der Waals surface area contributed by atoms with Crippen molar-refractivity contribution in [1.82, 2.24) is 0 Å². The molecule has 0 spiro atoms. The van der Waals surface area contributed by atoms with Crippen molar-refractivity contribution in [1.29, 1.82) is 0 Å². The van der Waals surface area contributed by atoms with Gasteiger partial charge < -0.3 is 14.8 Å². The first kappa shape index (κ1) is 10.8. The van der Waals surface area contributed by atoms with Crippen molar-refractivity contribution >= 4 is 11.5 Å². The standard InChI is InChI=1S/C12H15NO3/c1-15-10-3-4-11(16-2)12-9(10)7-8(14)5-6-13-12/h3-4,13H,5-7H2,1-2H3. The SMILES string of the molecule is COc1ccc(OC)c2c1CC(=O)CCN2. The average Bonchev–Trinajstić information content (AvgIpc) is 2.49.